The van der Waals surface area contributed by atoms with Gasteiger partial charge in [-0.25, -0.2) is 4.79 Å². The van der Waals surface area contributed by atoms with Crippen molar-refractivity contribution in [2.75, 3.05) is 26.7 Å². The molecule has 0 aliphatic carbocycles. The maximum atomic E-state index is 11.2. The fourth-order valence-corrected chi connectivity index (χ4v) is 2.36. The molecule has 4 heteroatoms. The van der Waals surface area contributed by atoms with Crippen LogP contribution in [0.5, 0.6) is 0 Å². The summed E-state index contributed by atoms with van der Waals surface area (Å²) in [5.74, 6) is 0.646. The van der Waals surface area contributed by atoms with Crippen LogP contribution in [0.2, 0.25) is 0 Å². The van der Waals surface area contributed by atoms with Crippen LogP contribution in [0.4, 0.5) is 4.79 Å². The summed E-state index contributed by atoms with van der Waals surface area (Å²) < 4.78 is 4.64. The molecule has 0 aromatic carbocycles. The highest BCUT2D eigenvalue weighted by atomic mass is 16.5. The lowest BCUT2D eigenvalue weighted by atomic mass is 9.96. The number of likely N-dealkylation sites (tertiary alicyclic amines) is 1. The second kappa shape index (κ2) is 6.74. The molecule has 2 unspecified atom stereocenters. The third-order valence-corrected chi connectivity index (χ3v) is 3.07. The first-order chi connectivity index (χ1) is 7.65. The minimum atomic E-state index is -0.311. The first kappa shape index (κ1) is 13.3. The zero-order valence-corrected chi connectivity index (χ0v) is 10.7. The molecule has 1 N–H and O–H groups in total. The van der Waals surface area contributed by atoms with E-state index < -0.39 is 0 Å². The molecule has 0 bridgehead atoms. The van der Waals surface area contributed by atoms with Crippen molar-refractivity contribution in [2.24, 2.45) is 5.92 Å². The van der Waals surface area contributed by atoms with E-state index in [1.165, 1.54) is 20.0 Å². The molecule has 2 atom stereocenters. The van der Waals surface area contributed by atoms with Crippen LogP contribution >= 0.6 is 0 Å². The molecule has 0 aromatic rings. The number of piperidine rings is 1. The maximum absolute atomic E-state index is 11.2. The van der Waals surface area contributed by atoms with Gasteiger partial charge in [-0.2, -0.15) is 0 Å². The van der Waals surface area contributed by atoms with Gasteiger partial charge in [0.1, 0.15) is 0 Å². The molecule has 1 fully saturated rings. The Bertz CT molecular complexity index is 221. The molecule has 0 saturated carbocycles. The molecule has 0 radical (unpaired) electrons. The van der Waals surface area contributed by atoms with Gasteiger partial charge in [0.2, 0.25) is 0 Å². The quantitative estimate of drug-likeness (QED) is 0.798. The fourth-order valence-electron chi connectivity index (χ4n) is 2.36. The molecule has 0 spiro atoms. The highest BCUT2D eigenvalue weighted by molar-refractivity contribution is 5.67. The Balaban J connectivity index is 2.37. The van der Waals surface area contributed by atoms with E-state index in [4.69, 9.17) is 0 Å². The smallest absolute Gasteiger partial charge is 0.407 e. The lowest BCUT2D eigenvalue weighted by Gasteiger charge is -2.36. The maximum Gasteiger partial charge on any atom is 0.407 e. The summed E-state index contributed by atoms with van der Waals surface area (Å²) in [6.07, 6.45) is 3.20. The predicted octanol–water partition coefficient (Wildman–Crippen LogP) is 1.85. The van der Waals surface area contributed by atoms with Crippen LogP contribution in [-0.4, -0.2) is 43.8 Å². The van der Waals surface area contributed by atoms with Gasteiger partial charge in [0.25, 0.3) is 0 Å². The SMILES string of the molecule is CCCCN1CC(C)CC(NC(=O)OC)C1. The van der Waals surface area contributed by atoms with Gasteiger partial charge in [-0.1, -0.05) is 20.3 Å². The van der Waals surface area contributed by atoms with Crippen molar-refractivity contribution in [3.63, 3.8) is 0 Å². The third kappa shape index (κ3) is 4.39. The number of nitrogens with one attached hydrogen (secondary N) is 1. The second-order valence-electron chi connectivity index (χ2n) is 4.79. The number of amides is 1. The highest BCUT2D eigenvalue weighted by Gasteiger charge is 2.25. The number of carbonyl (C=O) groups excluding carboxylic acids is 1. The summed E-state index contributed by atoms with van der Waals surface area (Å²) in [5.41, 5.74) is 0. The molecule has 94 valence electrons. The van der Waals surface area contributed by atoms with Crippen molar-refractivity contribution < 1.29 is 9.53 Å². The molecular formula is C12H24N2O2. The number of hydrogen-bond donors (Lipinski definition) is 1. The van der Waals surface area contributed by atoms with Crippen LogP contribution in [-0.2, 0) is 4.74 Å². The van der Waals surface area contributed by atoms with Gasteiger partial charge in [-0.15, -0.1) is 0 Å². The van der Waals surface area contributed by atoms with Gasteiger partial charge in [-0.3, -0.25) is 0 Å². The van der Waals surface area contributed by atoms with E-state index in [0.29, 0.717) is 5.92 Å². The third-order valence-electron chi connectivity index (χ3n) is 3.07. The number of alkyl carbamates (subject to hydrolysis) is 1. The van der Waals surface area contributed by atoms with Crippen LogP contribution in [0.15, 0.2) is 0 Å². The van der Waals surface area contributed by atoms with Crippen LogP contribution in [0.1, 0.15) is 33.1 Å². The Hall–Kier alpha value is -0.770. The molecule has 1 amide bonds. The van der Waals surface area contributed by atoms with E-state index in [1.54, 1.807) is 0 Å². The van der Waals surface area contributed by atoms with E-state index in [-0.39, 0.29) is 12.1 Å². The Morgan fingerprint density at radius 3 is 2.88 bits per heavy atom. The predicted molar refractivity (Wildman–Crippen MR) is 64.5 cm³/mol. The summed E-state index contributed by atoms with van der Waals surface area (Å²) in [5, 5.41) is 2.90. The Labute approximate surface area is 98.3 Å². The van der Waals surface area contributed by atoms with Crippen molar-refractivity contribution in [2.45, 2.75) is 39.2 Å². The van der Waals surface area contributed by atoms with Gasteiger partial charge in [0, 0.05) is 19.1 Å². The van der Waals surface area contributed by atoms with E-state index in [9.17, 15) is 4.79 Å². The van der Waals surface area contributed by atoms with Crippen LogP contribution in [0.25, 0.3) is 0 Å². The summed E-state index contributed by atoms with van der Waals surface area (Å²) in [6, 6.07) is 0.244. The topological polar surface area (TPSA) is 41.6 Å². The number of unbranched alkanes of at least 4 members (excludes halogenated alkanes) is 1. The molecule has 1 saturated heterocycles. The summed E-state index contributed by atoms with van der Waals surface area (Å²) in [7, 11) is 1.41. The number of rotatable bonds is 4. The normalized spacial score (nSPS) is 26.4. The van der Waals surface area contributed by atoms with Gasteiger partial charge in [0.15, 0.2) is 0 Å². The summed E-state index contributed by atoms with van der Waals surface area (Å²) >= 11 is 0. The summed E-state index contributed by atoms with van der Waals surface area (Å²) in [6.45, 7) is 7.70. The van der Waals surface area contributed by atoms with Gasteiger partial charge < -0.3 is 15.0 Å². The van der Waals surface area contributed by atoms with Crippen molar-refractivity contribution >= 4 is 6.09 Å². The van der Waals surface area contributed by atoms with E-state index in [1.807, 2.05) is 0 Å². The first-order valence-corrected chi connectivity index (χ1v) is 6.22. The molecule has 1 heterocycles. The highest BCUT2D eigenvalue weighted by Crippen LogP contribution is 2.16. The summed E-state index contributed by atoms with van der Waals surface area (Å²) in [4.78, 5) is 13.6. The Kier molecular flexibility index (Phi) is 5.60. The Morgan fingerprint density at radius 2 is 2.25 bits per heavy atom. The van der Waals surface area contributed by atoms with E-state index in [2.05, 4.69) is 28.8 Å². The lowest BCUT2D eigenvalue weighted by molar-refractivity contribution is 0.129. The first-order valence-electron chi connectivity index (χ1n) is 6.22. The van der Waals surface area contributed by atoms with E-state index >= 15 is 0 Å². The molecule has 1 aliphatic rings. The van der Waals surface area contributed by atoms with Gasteiger partial charge in [-0.05, 0) is 25.3 Å². The monoisotopic (exact) mass is 228 g/mol. The number of nitrogens with zero attached hydrogens (tertiary/aromatic N) is 1. The number of carbonyl (C=O) groups is 1. The molecule has 1 aliphatic heterocycles. The minimum Gasteiger partial charge on any atom is -0.453 e. The van der Waals surface area contributed by atoms with Crippen molar-refractivity contribution in [3.8, 4) is 0 Å². The van der Waals surface area contributed by atoms with E-state index in [0.717, 1.165) is 26.1 Å². The minimum absolute atomic E-state index is 0.244. The molecule has 0 aromatic heterocycles. The fraction of sp³-hybridized carbons (Fsp3) is 0.917. The number of hydrogen-bond acceptors (Lipinski definition) is 3. The molecule has 4 nitrogen and oxygen atoms in total. The van der Waals surface area contributed by atoms with Gasteiger partial charge >= 0.3 is 6.09 Å². The second-order valence-corrected chi connectivity index (χ2v) is 4.79. The zero-order chi connectivity index (χ0) is 12.0. The molecule has 16 heavy (non-hydrogen) atoms. The number of methoxy groups -OCH3 is 1. The zero-order valence-electron chi connectivity index (χ0n) is 10.7. The number of ether oxygens (including phenoxy) is 1. The van der Waals surface area contributed by atoms with Crippen LogP contribution < -0.4 is 5.32 Å². The van der Waals surface area contributed by atoms with Crippen molar-refractivity contribution in [1.82, 2.24) is 10.2 Å². The average molecular weight is 228 g/mol. The lowest BCUT2D eigenvalue weighted by Crippen LogP contribution is -2.50. The van der Waals surface area contributed by atoms with Crippen molar-refractivity contribution in [1.29, 1.82) is 0 Å². The van der Waals surface area contributed by atoms with Crippen LogP contribution in [0, 0.1) is 5.92 Å². The molecule has 1 rings (SSSR count). The largest absolute Gasteiger partial charge is 0.453 e. The standard InChI is InChI=1S/C12H24N2O2/c1-4-5-6-14-8-10(2)7-11(9-14)13-12(15)16-3/h10-11H,4-9H2,1-3H3,(H,13,15). The average Bonchev–Trinajstić information content (AvgIpc) is 2.25. The van der Waals surface area contributed by atoms with Crippen molar-refractivity contribution in [3.05, 3.63) is 0 Å². The Morgan fingerprint density at radius 1 is 1.50 bits per heavy atom. The molecular weight excluding hydrogens is 204 g/mol. The van der Waals surface area contributed by atoms with Gasteiger partial charge in [0.05, 0.1) is 7.11 Å². The van der Waals surface area contributed by atoms with Crippen LogP contribution in [0.3, 0.4) is 0 Å².